The zero-order valence-electron chi connectivity index (χ0n) is 11.8. The van der Waals surface area contributed by atoms with E-state index in [9.17, 15) is 8.42 Å². The topological polar surface area (TPSA) is 63.4 Å². The Kier molecular flexibility index (Phi) is 3.87. The van der Waals surface area contributed by atoms with E-state index in [-0.39, 0.29) is 10.9 Å². The quantitative estimate of drug-likeness (QED) is 0.843. The second kappa shape index (κ2) is 5.13. The number of sulfonamides is 1. The van der Waals surface area contributed by atoms with Crippen molar-refractivity contribution in [2.75, 3.05) is 12.3 Å². The summed E-state index contributed by atoms with van der Waals surface area (Å²) in [5.74, 6) is 0.306. The van der Waals surface area contributed by atoms with Gasteiger partial charge in [-0.1, -0.05) is 26.0 Å². The number of nitrogen functional groups attached to an aromatic ring is 1. The van der Waals surface area contributed by atoms with Crippen molar-refractivity contribution in [3.63, 3.8) is 0 Å². The van der Waals surface area contributed by atoms with Crippen LogP contribution in [0.4, 0.5) is 5.69 Å². The summed E-state index contributed by atoms with van der Waals surface area (Å²) in [5, 5.41) is 0. The average molecular weight is 282 g/mol. The molecular weight excluding hydrogens is 260 g/mol. The van der Waals surface area contributed by atoms with Crippen molar-refractivity contribution < 1.29 is 8.42 Å². The molecule has 106 valence electrons. The fourth-order valence-corrected chi connectivity index (χ4v) is 4.48. The molecule has 0 amide bonds. The van der Waals surface area contributed by atoms with Gasteiger partial charge >= 0.3 is 0 Å². The van der Waals surface area contributed by atoms with E-state index in [1.54, 1.807) is 29.4 Å². The number of benzene rings is 1. The minimum absolute atomic E-state index is 0.159. The van der Waals surface area contributed by atoms with Crippen LogP contribution in [-0.2, 0) is 10.0 Å². The third kappa shape index (κ3) is 2.92. The lowest BCUT2D eigenvalue weighted by Crippen LogP contribution is -2.36. The third-order valence-corrected chi connectivity index (χ3v) is 5.45. The van der Waals surface area contributed by atoms with E-state index in [2.05, 4.69) is 0 Å². The lowest BCUT2D eigenvalue weighted by molar-refractivity contribution is 0.360. The highest BCUT2D eigenvalue weighted by Gasteiger charge is 2.39. The molecule has 1 fully saturated rings. The van der Waals surface area contributed by atoms with Crippen LogP contribution in [0.1, 0.15) is 32.3 Å². The average Bonchev–Trinajstić information content (AvgIpc) is 3.08. The number of nitrogens with two attached hydrogens (primary N) is 1. The van der Waals surface area contributed by atoms with Gasteiger partial charge in [0.15, 0.2) is 0 Å². The lowest BCUT2D eigenvalue weighted by Gasteiger charge is -2.25. The van der Waals surface area contributed by atoms with Crippen LogP contribution < -0.4 is 5.73 Å². The van der Waals surface area contributed by atoms with Crippen LogP contribution in [0.5, 0.6) is 0 Å². The summed E-state index contributed by atoms with van der Waals surface area (Å²) in [6, 6.07) is 5.39. The van der Waals surface area contributed by atoms with Gasteiger partial charge < -0.3 is 5.73 Å². The fraction of sp³-hybridized carbons (Fsp3) is 0.571. The van der Waals surface area contributed by atoms with Gasteiger partial charge in [-0.25, -0.2) is 8.42 Å². The second-order valence-electron chi connectivity index (χ2n) is 5.69. The summed E-state index contributed by atoms with van der Waals surface area (Å²) in [6.45, 7) is 6.42. The number of nitrogens with zero attached hydrogens (tertiary/aromatic N) is 1. The first-order valence-electron chi connectivity index (χ1n) is 6.71. The highest BCUT2D eigenvalue weighted by atomic mass is 32.2. The normalized spacial score (nSPS) is 16.3. The van der Waals surface area contributed by atoms with E-state index in [1.807, 2.05) is 13.8 Å². The van der Waals surface area contributed by atoms with Gasteiger partial charge in [0.1, 0.15) is 4.90 Å². The molecule has 0 aromatic heterocycles. The number of hydrogen-bond acceptors (Lipinski definition) is 3. The predicted octanol–water partition coefficient (Wildman–Crippen LogP) is 2.39. The van der Waals surface area contributed by atoms with Crippen LogP contribution in [0.2, 0.25) is 0 Å². The van der Waals surface area contributed by atoms with Crippen molar-refractivity contribution in [2.24, 2.45) is 5.92 Å². The predicted molar refractivity (Wildman–Crippen MR) is 77.3 cm³/mol. The van der Waals surface area contributed by atoms with E-state index >= 15 is 0 Å². The monoisotopic (exact) mass is 282 g/mol. The Balaban J connectivity index is 2.45. The van der Waals surface area contributed by atoms with Crippen molar-refractivity contribution in [3.8, 4) is 0 Å². The van der Waals surface area contributed by atoms with E-state index in [0.717, 1.165) is 18.4 Å². The smallest absolute Gasteiger partial charge is 0.245 e. The molecule has 2 rings (SSSR count). The molecule has 0 spiro atoms. The van der Waals surface area contributed by atoms with Crippen molar-refractivity contribution in [1.82, 2.24) is 4.31 Å². The fourth-order valence-electron chi connectivity index (χ4n) is 2.31. The third-order valence-electron chi connectivity index (χ3n) is 3.31. The van der Waals surface area contributed by atoms with E-state index in [4.69, 9.17) is 5.73 Å². The Morgan fingerprint density at radius 3 is 2.47 bits per heavy atom. The van der Waals surface area contributed by atoms with Crippen LogP contribution in [0.3, 0.4) is 0 Å². The molecule has 0 atom stereocenters. The molecular formula is C14H22N2O2S. The molecule has 1 aromatic rings. The van der Waals surface area contributed by atoms with Crippen LogP contribution >= 0.6 is 0 Å². The van der Waals surface area contributed by atoms with Crippen molar-refractivity contribution >= 4 is 15.7 Å². The van der Waals surface area contributed by atoms with Crippen LogP contribution in [-0.4, -0.2) is 25.3 Å². The van der Waals surface area contributed by atoms with Crippen molar-refractivity contribution in [3.05, 3.63) is 23.8 Å². The van der Waals surface area contributed by atoms with Crippen LogP contribution in [0.15, 0.2) is 23.1 Å². The molecule has 1 aliphatic carbocycles. The minimum Gasteiger partial charge on any atom is -0.398 e. The van der Waals surface area contributed by atoms with Crippen molar-refractivity contribution in [2.45, 2.75) is 44.6 Å². The Hall–Kier alpha value is -1.07. The van der Waals surface area contributed by atoms with Crippen LogP contribution in [0.25, 0.3) is 0 Å². The Morgan fingerprint density at radius 1 is 1.37 bits per heavy atom. The number of hydrogen-bond donors (Lipinski definition) is 1. The summed E-state index contributed by atoms with van der Waals surface area (Å²) >= 11 is 0. The zero-order valence-corrected chi connectivity index (χ0v) is 12.6. The molecule has 1 saturated carbocycles. The number of aryl methyl sites for hydroxylation is 1. The molecule has 0 radical (unpaired) electrons. The first kappa shape index (κ1) is 14.3. The molecule has 1 aliphatic rings. The van der Waals surface area contributed by atoms with Gasteiger partial charge in [-0.2, -0.15) is 4.31 Å². The molecule has 0 saturated heterocycles. The van der Waals surface area contributed by atoms with Gasteiger partial charge in [-0.15, -0.1) is 0 Å². The van der Waals surface area contributed by atoms with E-state index < -0.39 is 10.0 Å². The largest absolute Gasteiger partial charge is 0.398 e. The zero-order chi connectivity index (χ0) is 14.2. The summed E-state index contributed by atoms with van der Waals surface area (Å²) in [4.78, 5) is 0.280. The minimum atomic E-state index is -3.49. The maximum Gasteiger partial charge on any atom is 0.245 e. The van der Waals surface area contributed by atoms with Gasteiger partial charge in [-0.05, 0) is 37.3 Å². The number of rotatable bonds is 5. The summed E-state index contributed by atoms with van der Waals surface area (Å²) in [5.41, 5.74) is 6.95. The highest BCUT2D eigenvalue weighted by molar-refractivity contribution is 7.89. The summed E-state index contributed by atoms with van der Waals surface area (Å²) in [6.07, 6.45) is 1.91. The standard InChI is InChI=1S/C14H22N2O2S/c1-10(2)9-16(12-7-8-12)19(17,18)14-11(3)5-4-6-13(14)15/h4-6,10,12H,7-9,15H2,1-3H3. The molecule has 19 heavy (non-hydrogen) atoms. The Labute approximate surface area is 115 Å². The molecule has 1 aromatic carbocycles. The maximum absolute atomic E-state index is 12.8. The molecule has 0 heterocycles. The van der Waals surface area contributed by atoms with Crippen LogP contribution in [0, 0.1) is 12.8 Å². The van der Waals surface area contributed by atoms with Gasteiger partial charge in [0.05, 0.1) is 5.69 Å². The van der Waals surface area contributed by atoms with Gasteiger partial charge in [0.2, 0.25) is 10.0 Å². The van der Waals surface area contributed by atoms with Crippen molar-refractivity contribution in [1.29, 1.82) is 0 Å². The Bertz CT molecular complexity index is 543. The molecule has 0 aliphatic heterocycles. The van der Waals surface area contributed by atoms with Gasteiger partial charge in [-0.3, -0.25) is 0 Å². The highest BCUT2D eigenvalue weighted by Crippen LogP contribution is 2.35. The maximum atomic E-state index is 12.8. The first-order valence-corrected chi connectivity index (χ1v) is 8.15. The second-order valence-corrected chi connectivity index (χ2v) is 7.52. The summed E-state index contributed by atoms with van der Waals surface area (Å²) in [7, 11) is -3.49. The number of anilines is 1. The molecule has 0 unspecified atom stereocenters. The Morgan fingerprint density at radius 2 is 2.00 bits per heavy atom. The van der Waals surface area contributed by atoms with Gasteiger partial charge in [0.25, 0.3) is 0 Å². The van der Waals surface area contributed by atoms with E-state index in [0.29, 0.717) is 18.2 Å². The summed E-state index contributed by atoms with van der Waals surface area (Å²) < 4.78 is 27.3. The molecule has 2 N–H and O–H groups in total. The van der Waals surface area contributed by atoms with Gasteiger partial charge in [0, 0.05) is 12.6 Å². The lowest BCUT2D eigenvalue weighted by atomic mass is 10.2. The molecule has 4 nitrogen and oxygen atoms in total. The molecule has 0 bridgehead atoms. The molecule has 5 heteroatoms. The SMILES string of the molecule is Cc1cccc(N)c1S(=O)(=O)N(CC(C)C)C1CC1. The van der Waals surface area contributed by atoms with E-state index in [1.165, 1.54) is 0 Å². The first-order chi connectivity index (χ1) is 8.84.